The van der Waals surface area contributed by atoms with E-state index < -0.39 is 0 Å². The summed E-state index contributed by atoms with van der Waals surface area (Å²) < 4.78 is 0. The van der Waals surface area contributed by atoms with Gasteiger partial charge in [0.25, 0.3) is 0 Å². The number of nitrogens with one attached hydrogen (secondary N) is 1. The van der Waals surface area contributed by atoms with Crippen LogP contribution < -0.4 is 5.32 Å². The molecule has 0 fully saturated rings. The first kappa shape index (κ1) is 12.2. The predicted molar refractivity (Wildman–Crippen MR) is 76.9 cm³/mol. The van der Waals surface area contributed by atoms with Gasteiger partial charge in [0.2, 0.25) is 0 Å². The lowest BCUT2D eigenvalue weighted by Crippen LogP contribution is -2.07. The number of para-hydroxylation sites is 1. The smallest absolute Gasteiger partial charge is 0.0578 e. The molecule has 2 heteroatoms. The lowest BCUT2D eigenvalue weighted by molar-refractivity contribution is 0.848. The van der Waals surface area contributed by atoms with Crippen molar-refractivity contribution in [1.82, 2.24) is 0 Å². The van der Waals surface area contributed by atoms with Gasteiger partial charge < -0.3 is 5.32 Å². The molecule has 17 heavy (non-hydrogen) atoms. The highest BCUT2D eigenvalue weighted by atomic mass is 32.1. The van der Waals surface area contributed by atoms with E-state index in [1.165, 1.54) is 16.1 Å². The van der Waals surface area contributed by atoms with Crippen LogP contribution in [0.4, 0.5) is 5.69 Å². The molecule has 2 rings (SSSR count). The molecule has 0 saturated carbocycles. The van der Waals surface area contributed by atoms with Gasteiger partial charge in [-0.1, -0.05) is 38.1 Å². The Labute approximate surface area is 108 Å². The molecule has 0 bridgehead atoms. The van der Waals surface area contributed by atoms with Crippen molar-refractivity contribution in [1.29, 1.82) is 0 Å². The van der Waals surface area contributed by atoms with Crippen molar-refractivity contribution in [2.45, 2.75) is 32.7 Å². The Balaban J connectivity index is 2.18. The van der Waals surface area contributed by atoms with Crippen molar-refractivity contribution in [3.63, 3.8) is 0 Å². The largest absolute Gasteiger partial charge is 0.377 e. The summed E-state index contributed by atoms with van der Waals surface area (Å²) in [6.07, 6.45) is 0. The molecule has 0 aliphatic rings. The molecule has 90 valence electrons. The highest BCUT2D eigenvalue weighted by Gasteiger charge is 2.10. The van der Waals surface area contributed by atoms with Crippen molar-refractivity contribution < 1.29 is 0 Å². The van der Waals surface area contributed by atoms with Crippen molar-refractivity contribution in [3.05, 3.63) is 52.2 Å². The van der Waals surface area contributed by atoms with Crippen molar-refractivity contribution >= 4 is 17.0 Å². The molecule has 0 saturated heterocycles. The highest BCUT2D eigenvalue weighted by molar-refractivity contribution is 7.10. The minimum Gasteiger partial charge on any atom is -0.377 e. The first-order valence-corrected chi connectivity index (χ1v) is 6.95. The first-order valence-electron chi connectivity index (χ1n) is 6.07. The molecular weight excluding hydrogens is 226 g/mol. The van der Waals surface area contributed by atoms with E-state index in [-0.39, 0.29) is 0 Å². The van der Waals surface area contributed by atoms with Gasteiger partial charge in [-0.15, -0.1) is 11.3 Å². The van der Waals surface area contributed by atoms with Crippen LogP contribution in [-0.4, -0.2) is 0 Å². The van der Waals surface area contributed by atoms with Gasteiger partial charge in [-0.25, -0.2) is 0 Å². The van der Waals surface area contributed by atoms with Crippen LogP contribution in [0.25, 0.3) is 0 Å². The Bertz CT molecular complexity index is 460. The minimum absolute atomic E-state index is 0.370. The molecule has 1 atom stereocenters. The Morgan fingerprint density at radius 3 is 2.41 bits per heavy atom. The summed E-state index contributed by atoms with van der Waals surface area (Å²) in [5.74, 6) is 0.550. The third-order valence-electron chi connectivity index (χ3n) is 2.92. The Kier molecular flexibility index (Phi) is 3.85. The van der Waals surface area contributed by atoms with Crippen molar-refractivity contribution in [3.8, 4) is 0 Å². The van der Waals surface area contributed by atoms with E-state index in [0.717, 1.165) is 0 Å². The first-order chi connectivity index (χ1) is 8.18. The fourth-order valence-corrected chi connectivity index (χ4v) is 2.71. The number of hydrogen-bond acceptors (Lipinski definition) is 2. The number of rotatable bonds is 4. The monoisotopic (exact) mass is 245 g/mol. The van der Waals surface area contributed by atoms with Gasteiger partial charge in [0.15, 0.2) is 0 Å². The van der Waals surface area contributed by atoms with Crippen LogP contribution in [-0.2, 0) is 0 Å². The summed E-state index contributed by atoms with van der Waals surface area (Å²) in [5, 5.41) is 5.73. The van der Waals surface area contributed by atoms with E-state index in [1.54, 1.807) is 11.3 Å². The summed E-state index contributed by atoms with van der Waals surface area (Å²) in [6.45, 7) is 6.68. The lowest BCUT2D eigenvalue weighted by atomic mass is 10.0. The zero-order chi connectivity index (χ0) is 12.3. The van der Waals surface area contributed by atoms with E-state index in [4.69, 9.17) is 0 Å². The number of benzene rings is 1. The second kappa shape index (κ2) is 5.37. The average molecular weight is 245 g/mol. The van der Waals surface area contributed by atoms with E-state index >= 15 is 0 Å². The third-order valence-corrected chi connectivity index (χ3v) is 3.98. The maximum absolute atomic E-state index is 3.60. The van der Waals surface area contributed by atoms with Gasteiger partial charge in [0, 0.05) is 10.6 Å². The van der Waals surface area contributed by atoms with Gasteiger partial charge in [-0.3, -0.25) is 0 Å². The molecule has 1 heterocycles. The Morgan fingerprint density at radius 2 is 1.76 bits per heavy atom. The molecular formula is C15H19NS. The SMILES string of the molecule is CC(C)c1ccccc1NC(C)c1cccs1. The normalized spacial score (nSPS) is 12.7. The predicted octanol–water partition coefficient (Wildman–Crippen LogP) is 5.04. The van der Waals surface area contributed by atoms with Gasteiger partial charge in [0.05, 0.1) is 6.04 Å². The topological polar surface area (TPSA) is 12.0 Å². The lowest BCUT2D eigenvalue weighted by Gasteiger charge is -2.18. The summed E-state index contributed by atoms with van der Waals surface area (Å²) in [6, 6.07) is 13.2. The summed E-state index contributed by atoms with van der Waals surface area (Å²) in [4.78, 5) is 1.38. The maximum Gasteiger partial charge on any atom is 0.0578 e. The van der Waals surface area contributed by atoms with Gasteiger partial charge in [-0.05, 0) is 35.9 Å². The molecule has 1 aromatic carbocycles. The van der Waals surface area contributed by atoms with E-state index in [9.17, 15) is 0 Å². The third kappa shape index (κ3) is 2.89. The van der Waals surface area contributed by atoms with Crippen LogP contribution in [0.1, 0.15) is 43.2 Å². The fraction of sp³-hybridized carbons (Fsp3) is 0.333. The molecule has 0 amide bonds. The van der Waals surface area contributed by atoms with Crippen LogP contribution in [0.3, 0.4) is 0 Å². The Hall–Kier alpha value is -1.28. The number of thiophene rings is 1. The zero-order valence-electron chi connectivity index (χ0n) is 10.6. The molecule has 2 aromatic rings. The minimum atomic E-state index is 0.370. The van der Waals surface area contributed by atoms with Crippen LogP contribution in [0.5, 0.6) is 0 Å². The van der Waals surface area contributed by atoms with Gasteiger partial charge >= 0.3 is 0 Å². The van der Waals surface area contributed by atoms with Crippen LogP contribution in [0.2, 0.25) is 0 Å². The van der Waals surface area contributed by atoms with E-state index in [1.807, 2.05) is 0 Å². The van der Waals surface area contributed by atoms with E-state index in [2.05, 4.69) is 67.9 Å². The second-order valence-corrected chi connectivity index (χ2v) is 5.60. The zero-order valence-corrected chi connectivity index (χ0v) is 11.4. The molecule has 1 N–H and O–H groups in total. The van der Waals surface area contributed by atoms with Gasteiger partial charge in [-0.2, -0.15) is 0 Å². The molecule has 1 unspecified atom stereocenters. The fourth-order valence-electron chi connectivity index (χ4n) is 1.97. The number of hydrogen-bond donors (Lipinski definition) is 1. The van der Waals surface area contributed by atoms with Crippen LogP contribution in [0, 0.1) is 0 Å². The molecule has 0 aliphatic carbocycles. The number of anilines is 1. The summed E-state index contributed by atoms with van der Waals surface area (Å²) in [5.41, 5.74) is 2.64. The molecule has 1 aromatic heterocycles. The molecule has 1 nitrogen and oxygen atoms in total. The van der Waals surface area contributed by atoms with Crippen molar-refractivity contribution in [2.75, 3.05) is 5.32 Å². The second-order valence-electron chi connectivity index (χ2n) is 4.62. The summed E-state index contributed by atoms with van der Waals surface area (Å²) >= 11 is 1.80. The summed E-state index contributed by atoms with van der Waals surface area (Å²) in [7, 11) is 0. The van der Waals surface area contributed by atoms with Crippen LogP contribution >= 0.6 is 11.3 Å². The standard InChI is InChI=1S/C15H19NS/c1-11(2)13-7-4-5-8-14(13)16-12(3)15-9-6-10-17-15/h4-12,16H,1-3H3. The van der Waals surface area contributed by atoms with Crippen LogP contribution in [0.15, 0.2) is 41.8 Å². The van der Waals surface area contributed by atoms with E-state index in [0.29, 0.717) is 12.0 Å². The quantitative estimate of drug-likeness (QED) is 0.795. The highest BCUT2D eigenvalue weighted by Crippen LogP contribution is 2.28. The molecule has 0 aliphatic heterocycles. The van der Waals surface area contributed by atoms with Gasteiger partial charge in [0.1, 0.15) is 0 Å². The Morgan fingerprint density at radius 1 is 1.00 bits per heavy atom. The molecule has 0 spiro atoms. The maximum atomic E-state index is 3.60. The van der Waals surface area contributed by atoms with Crippen molar-refractivity contribution in [2.24, 2.45) is 0 Å². The average Bonchev–Trinajstić information content (AvgIpc) is 2.83. The molecule has 0 radical (unpaired) electrons.